The molecule has 0 fully saturated rings. The van der Waals surface area contributed by atoms with Gasteiger partial charge in [0, 0.05) is 27.4 Å². The molecule has 1 amide bonds. The molecular formula is C24H20BrN3O2. The first-order valence-electron chi connectivity index (χ1n) is 9.59. The molecule has 0 aliphatic rings. The number of aromatic nitrogens is 2. The Morgan fingerprint density at radius 1 is 1.13 bits per heavy atom. The number of ether oxygens (including phenoxy) is 1. The lowest BCUT2D eigenvalue weighted by atomic mass is 10.2. The maximum Gasteiger partial charge on any atom is 0.248 e. The Morgan fingerprint density at radius 3 is 2.70 bits per heavy atom. The molecule has 4 rings (SSSR count). The number of hydrogen-bond acceptors (Lipinski definition) is 3. The first-order chi connectivity index (χ1) is 14.6. The minimum Gasteiger partial charge on any atom is -0.493 e. The molecule has 4 aromatic rings. The fourth-order valence-corrected chi connectivity index (χ4v) is 3.47. The van der Waals surface area contributed by atoms with Gasteiger partial charge >= 0.3 is 0 Å². The number of hydrogen-bond donors (Lipinski definition) is 2. The predicted molar refractivity (Wildman–Crippen MR) is 125 cm³/mol. The van der Waals surface area contributed by atoms with E-state index < -0.39 is 0 Å². The number of para-hydroxylation sites is 2. The van der Waals surface area contributed by atoms with Crippen molar-refractivity contribution in [2.75, 3.05) is 11.9 Å². The van der Waals surface area contributed by atoms with Gasteiger partial charge in [0.15, 0.2) is 0 Å². The minimum atomic E-state index is -0.214. The van der Waals surface area contributed by atoms with Crippen LogP contribution in [0.15, 0.2) is 77.3 Å². The van der Waals surface area contributed by atoms with Crippen LogP contribution in [0.5, 0.6) is 5.75 Å². The molecular weight excluding hydrogens is 442 g/mol. The van der Waals surface area contributed by atoms with Gasteiger partial charge < -0.3 is 15.0 Å². The van der Waals surface area contributed by atoms with E-state index >= 15 is 0 Å². The average molecular weight is 462 g/mol. The smallest absolute Gasteiger partial charge is 0.248 e. The molecule has 2 N–H and O–H groups in total. The van der Waals surface area contributed by atoms with E-state index in [1.807, 2.05) is 73.7 Å². The number of H-pyrrole nitrogens is 1. The highest BCUT2D eigenvalue weighted by atomic mass is 79.9. The second kappa shape index (κ2) is 8.97. The topological polar surface area (TPSA) is 67.0 Å². The molecule has 0 radical (unpaired) electrons. The number of benzene rings is 3. The number of nitrogens with one attached hydrogen (secondary N) is 2. The Morgan fingerprint density at radius 2 is 1.93 bits per heavy atom. The van der Waals surface area contributed by atoms with E-state index in [4.69, 9.17) is 4.74 Å². The summed E-state index contributed by atoms with van der Waals surface area (Å²) in [6.07, 6.45) is 3.24. The molecule has 150 valence electrons. The second-order valence-electron chi connectivity index (χ2n) is 6.62. The number of anilines is 1. The van der Waals surface area contributed by atoms with Crippen molar-refractivity contribution in [2.45, 2.75) is 6.92 Å². The van der Waals surface area contributed by atoms with E-state index in [1.165, 1.54) is 6.08 Å². The molecule has 0 unspecified atom stereocenters. The van der Waals surface area contributed by atoms with Gasteiger partial charge in [-0.15, -0.1) is 0 Å². The predicted octanol–water partition coefficient (Wildman–Crippen LogP) is 6.04. The Labute approximate surface area is 182 Å². The van der Waals surface area contributed by atoms with Crippen LogP contribution in [-0.2, 0) is 4.79 Å². The van der Waals surface area contributed by atoms with Gasteiger partial charge in [-0.05, 0) is 67.6 Å². The van der Waals surface area contributed by atoms with E-state index in [1.54, 1.807) is 6.08 Å². The van der Waals surface area contributed by atoms with Crippen LogP contribution in [0.3, 0.4) is 0 Å². The van der Waals surface area contributed by atoms with Gasteiger partial charge in [-0.2, -0.15) is 0 Å². The number of rotatable bonds is 6. The lowest BCUT2D eigenvalue weighted by Gasteiger charge is -2.07. The van der Waals surface area contributed by atoms with Crippen LogP contribution in [-0.4, -0.2) is 22.5 Å². The molecule has 0 aliphatic heterocycles. The number of nitrogens with zero attached hydrogens (tertiary/aromatic N) is 1. The molecule has 0 atom stereocenters. The number of carbonyl (C=O) groups excluding carboxylic acids is 1. The van der Waals surface area contributed by atoms with Gasteiger partial charge in [0.2, 0.25) is 5.91 Å². The van der Waals surface area contributed by atoms with Crippen molar-refractivity contribution in [2.24, 2.45) is 0 Å². The summed E-state index contributed by atoms with van der Waals surface area (Å²) in [7, 11) is 0. The zero-order chi connectivity index (χ0) is 20.9. The van der Waals surface area contributed by atoms with Crippen molar-refractivity contribution in [1.29, 1.82) is 0 Å². The number of carbonyl (C=O) groups is 1. The lowest BCUT2D eigenvalue weighted by Crippen LogP contribution is -2.07. The highest BCUT2D eigenvalue weighted by Crippen LogP contribution is 2.25. The third-order valence-corrected chi connectivity index (χ3v) is 4.99. The summed E-state index contributed by atoms with van der Waals surface area (Å²) in [6.45, 7) is 2.49. The van der Waals surface area contributed by atoms with Crippen molar-refractivity contribution in [3.63, 3.8) is 0 Å². The Balaban J connectivity index is 1.45. The minimum absolute atomic E-state index is 0.214. The van der Waals surface area contributed by atoms with Crippen molar-refractivity contribution in [3.8, 4) is 17.1 Å². The normalized spacial score (nSPS) is 11.1. The van der Waals surface area contributed by atoms with E-state index in [2.05, 4.69) is 31.2 Å². The van der Waals surface area contributed by atoms with Gasteiger partial charge in [0.1, 0.15) is 11.6 Å². The van der Waals surface area contributed by atoms with Crippen molar-refractivity contribution < 1.29 is 9.53 Å². The average Bonchev–Trinajstić information content (AvgIpc) is 3.19. The van der Waals surface area contributed by atoms with Crippen LogP contribution in [0.1, 0.15) is 12.5 Å². The molecule has 30 heavy (non-hydrogen) atoms. The summed E-state index contributed by atoms with van der Waals surface area (Å²) in [4.78, 5) is 20.2. The van der Waals surface area contributed by atoms with Crippen LogP contribution >= 0.6 is 15.9 Å². The van der Waals surface area contributed by atoms with Crippen molar-refractivity contribution in [3.05, 3.63) is 82.8 Å². The van der Waals surface area contributed by atoms with Gasteiger partial charge in [0.25, 0.3) is 0 Å². The molecule has 0 saturated carbocycles. The Hall–Kier alpha value is -3.38. The number of halogens is 1. The van der Waals surface area contributed by atoms with Crippen molar-refractivity contribution in [1.82, 2.24) is 9.97 Å². The molecule has 6 heteroatoms. The quantitative estimate of drug-likeness (QED) is 0.343. The highest BCUT2D eigenvalue weighted by molar-refractivity contribution is 9.10. The number of aromatic amines is 1. The first-order valence-corrected chi connectivity index (χ1v) is 10.4. The zero-order valence-corrected chi connectivity index (χ0v) is 17.9. The van der Waals surface area contributed by atoms with E-state index in [0.717, 1.165) is 38.2 Å². The summed E-state index contributed by atoms with van der Waals surface area (Å²) < 4.78 is 6.53. The highest BCUT2D eigenvalue weighted by Gasteiger charge is 2.06. The fraction of sp³-hybridized carbons (Fsp3) is 0.0833. The summed E-state index contributed by atoms with van der Waals surface area (Å²) in [5.74, 6) is 1.32. The number of amides is 1. The molecule has 0 aliphatic carbocycles. The van der Waals surface area contributed by atoms with Crippen LogP contribution < -0.4 is 10.1 Å². The second-order valence-corrected chi connectivity index (χ2v) is 7.53. The lowest BCUT2D eigenvalue weighted by molar-refractivity contribution is -0.111. The largest absolute Gasteiger partial charge is 0.493 e. The molecule has 1 heterocycles. The fourth-order valence-electron chi connectivity index (χ4n) is 3.09. The van der Waals surface area contributed by atoms with Gasteiger partial charge in [-0.1, -0.05) is 28.1 Å². The number of fused-ring (bicyclic) bond motifs is 1. The van der Waals surface area contributed by atoms with E-state index in [0.29, 0.717) is 12.3 Å². The van der Waals surface area contributed by atoms with Crippen molar-refractivity contribution >= 4 is 44.6 Å². The summed E-state index contributed by atoms with van der Waals surface area (Å²) >= 11 is 3.45. The molecule has 0 spiro atoms. The molecule has 3 aromatic carbocycles. The van der Waals surface area contributed by atoms with E-state index in [9.17, 15) is 4.79 Å². The molecule has 5 nitrogen and oxygen atoms in total. The molecule has 0 saturated heterocycles. The zero-order valence-electron chi connectivity index (χ0n) is 16.4. The standard InChI is InChI=1S/C24H20BrN3O2/c1-2-30-22-13-10-18(25)15-17(22)9-14-23(29)26-19-11-7-16(8-12-19)24-27-20-5-3-4-6-21(20)28-24/h3-15H,2H2,1H3,(H,26,29)(H,27,28)/b14-9+. The third-order valence-electron chi connectivity index (χ3n) is 4.50. The Bertz CT molecular complexity index is 1180. The van der Waals surface area contributed by atoms with Gasteiger partial charge in [-0.25, -0.2) is 4.98 Å². The molecule has 1 aromatic heterocycles. The Kier molecular flexibility index (Phi) is 5.95. The van der Waals surface area contributed by atoms with Crippen LogP contribution in [0.4, 0.5) is 5.69 Å². The summed E-state index contributed by atoms with van der Waals surface area (Å²) in [5, 5.41) is 2.87. The first kappa shape index (κ1) is 19.9. The monoisotopic (exact) mass is 461 g/mol. The summed E-state index contributed by atoms with van der Waals surface area (Å²) in [5.41, 5.74) is 4.42. The maximum absolute atomic E-state index is 12.3. The number of imidazole rings is 1. The van der Waals surface area contributed by atoms with Gasteiger partial charge in [0.05, 0.1) is 17.6 Å². The third kappa shape index (κ3) is 4.60. The van der Waals surface area contributed by atoms with Crippen LogP contribution in [0.25, 0.3) is 28.5 Å². The SMILES string of the molecule is CCOc1ccc(Br)cc1/C=C/C(=O)Nc1ccc(-c2nc3ccccc3[nH]2)cc1. The van der Waals surface area contributed by atoms with Crippen LogP contribution in [0.2, 0.25) is 0 Å². The maximum atomic E-state index is 12.3. The summed E-state index contributed by atoms with van der Waals surface area (Å²) in [6, 6.07) is 21.2. The molecule has 0 bridgehead atoms. The van der Waals surface area contributed by atoms with Gasteiger partial charge in [-0.3, -0.25) is 4.79 Å². The van der Waals surface area contributed by atoms with Crippen LogP contribution in [0, 0.1) is 0 Å². The van der Waals surface area contributed by atoms with E-state index in [-0.39, 0.29) is 5.91 Å².